The van der Waals surface area contributed by atoms with E-state index in [9.17, 15) is 13.0 Å². The second-order valence-electron chi connectivity index (χ2n) is 4.47. The van der Waals surface area contributed by atoms with Gasteiger partial charge in [-0.2, -0.15) is 0 Å². The largest absolute Gasteiger partial charge is 0.339 e. The highest BCUT2D eigenvalue weighted by Gasteiger charge is 2.35. The molecule has 0 aromatic heterocycles. The molecule has 1 aliphatic rings. The van der Waals surface area contributed by atoms with Gasteiger partial charge in [0, 0.05) is 12.1 Å². The molecular formula is C8H18NO5PS. The zero-order chi connectivity index (χ0) is 12.6. The lowest BCUT2D eigenvalue weighted by molar-refractivity contribution is 0.182. The fraction of sp³-hybridized carbons (Fsp3) is 1.00. The molecule has 8 heteroatoms. The van der Waals surface area contributed by atoms with E-state index in [-0.39, 0.29) is 29.9 Å². The predicted octanol–water partition coefficient (Wildman–Crippen LogP) is 0.0191. The molecule has 1 saturated heterocycles. The minimum atomic E-state index is -4.14. The van der Waals surface area contributed by atoms with Crippen LogP contribution in [-0.4, -0.2) is 53.0 Å². The van der Waals surface area contributed by atoms with Gasteiger partial charge in [-0.05, 0) is 20.3 Å². The van der Waals surface area contributed by atoms with Gasteiger partial charge in [0.05, 0.1) is 11.5 Å². The molecule has 16 heavy (non-hydrogen) atoms. The monoisotopic (exact) mass is 271 g/mol. The summed E-state index contributed by atoms with van der Waals surface area (Å²) in [5, 5.41) is 0. The van der Waals surface area contributed by atoms with Crippen molar-refractivity contribution in [2.45, 2.75) is 32.4 Å². The maximum absolute atomic E-state index is 11.3. The molecule has 6 nitrogen and oxygen atoms in total. The quantitative estimate of drug-likeness (QED) is 0.700. The molecule has 0 aromatic carbocycles. The minimum absolute atomic E-state index is 0.00514. The van der Waals surface area contributed by atoms with E-state index in [4.69, 9.17) is 9.79 Å². The first-order valence-corrected chi connectivity index (χ1v) is 8.73. The second-order valence-corrected chi connectivity index (χ2v) is 8.31. The summed E-state index contributed by atoms with van der Waals surface area (Å²) in [7, 11) is -7.16. The van der Waals surface area contributed by atoms with Crippen molar-refractivity contribution >= 4 is 17.4 Å². The van der Waals surface area contributed by atoms with Crippen LogP contribution < -0.4 is 0 Å². The Hall–Kier alpha value is 0.0600. The minimum Gasteiger partial charge on any atom is -0.324 e. The van der Waals surface area contributed by atoms with Gasteiger partial charge in [-0.3, -0.25) is 9.46 Å². The third-order valence-corrected chi connectivity index (χ3v) is 5.13. The van der Waals surface area contributed by atoms with Crippen molar-refractivity contribution in [1.29, 1.82) is 0 Å². The van der Waals surface area contributed by atoms with Gasteiger partial charge in [0.1, 0.15) is 6.29 Å². The van der Waals surface area contributed by atoms with Gasteiger partial charge in [0.25, 0.3) is 0 Å². The average Bonchev–Trinajstić information content (AvgIpc) is 2.39. The van der Waals surface area contributed by atoms with E-state index in [2.05, 4.69) is 0 Å². The van der Waals surface area contributed by atoms with Crippen LogP contribution in [0.1, 0.15) is 20.3 Å². The average molecular weight is 271 g/mol. The summed E-state index contributed by atoms with van der Waals surface area (Å²) < 4.78 is 33.6. The predicted molar refractivity (Wildman–Crippen MR) is 60.9 cm³/mol. The summed E-state index contributed by atoms with van der Waals surface area (Å²) in [6, 6.07) is -0.344. The van der Waals surface area contributed by atoms with Crippen LogP contribution in [0.15, 0.2) is 0 Å². The molecule has 1 aliphatic heterocycles. The Morgan fingerprint density at radius 3 is 2.31 bits per heavy atom. The third kappa shape index (κ3) is 4.14. The van der Waals surface area contributed by atoms with Crippen LogP contribution in [0.5, 0.6) is 0 Å². The van der Waals surface area contributed by atoms with Gasteiger partial charge < -0.3 is 9.79 Å². The first-order chi connectivity index (χ1) is 7.11. The van der Waals surface area contributed by atoms with Crippen molar-refractivity contribution in [2.75, 3.05) is 17.8 Å². The molecular weight excluding hydrogens is 253 g/mol. The molecule has 0 saturated carbocycles. The number of sulfone groups is 1. The van der Waals surface area contributed by atoms with Crippen molar-refractivity contribution < 1.29 is 22.8 Å². The standard InChI is InChI=1S/C8H18NO5PS/c1-7(2)9(6-15(10,11)12)8-3-4-16(13,14)5-8/h7-8H,3-6H2,1-2H3,(H2,10,11,12). The highest BCUT2D eigenvalue weighted by Crippen LogP contribution is 2.37. The van der Waals surface area contributed by atoms with Crippen molar-refractivity contribution in [3.05, 3.63) is 0 Å². The summed E-state index contributed by atoms with van der Waals surface area (Å²) >= 11 is 0. The van der Waals surface area contributed by atoms with Crippen LogP contribution in [0, 0.1) is 0 Å². The first kappa shape index (κ1) is 14.1. The Balaban J connectivity index is 2.77. The molecule has 1 rings (SSSR count). The van der Waals surface area contributed by atoms with E-state index in [1.54, 1.807) is 18.7 Å². The van der Waals surface area contributed by atoms with Gasteiger partial charge in [-0.15, -0.1) is 0 Å². The third-order valence-electron chi connectivity index (χ3n) is 2.69. The van der Waals surface area contributed by atoms with Crippen molar-refractivity contribution in [1.82, 2.24) is 4.90 Å². The lowest BCUT2D eigenvalue weighted by Crippen LogP contribution is -2.41. The maximum Gasteiger partial charge on any atom is 0.339 e. The summed E-state index contributed by atoms with van der Waals surface area (Å²) in [6.07, 6.45) is 0.0887. The highest BCUT2D eigenvalue weighted by molar-refractivity contribution is 7.91. The summed E-state index contributed by atoms with van der Waals surface area (Å²) in [6.45, 7) is 3.61. The molecule has 0 bridgehead atoms. The molecule has 2 N–H and O–H groups in total. The van der Waals surface area contributed by atoms with Gasteiger partial charge >= 0.3 is 7.60 Å². The molecule has 1 atom stereocenters. The number of hydrogen-bond donors (Lipinski definition) is 2. The Morgan fingerprint density at radius 1 is 1.44 bits per heavy atom. The molecule has 1 unspecified atom stereocenters. The number of hydrogen-bond acceptors (Lipinski definition) is 4. The molecule has 0 amide bonds. The highest BCUT2D eigenvalue weighted by atomic mass is 32.2. The van der Waals surface area contributed by atoms with Gasteiger partial charge in [-0.1, -0.05) is 0 Å². The van der Waals surface area contributed by atoms with E-state index in [1.807, 2.05) is 0 Å². The lowest BCUT2D eigenvalue weighted by Gasteiger charge is -2.31. The van der Waals surface area contributed by atoms with E-state index in [1.165, 1.54) is 0 Å². The zero-order valence-electron chi connectivity index (χ0n) is 9.40. The number of nitrogens with zero attached hydrogens (tertiary/aromatic N) is 1. The van der Waals surface area contributed by atoms with Gasteiger partial charge in [0.2, 0.25) is 0 Å². The first-order valence-electron chi connectivity index (χ1n) is 5.11. The summed E-state index contributed by atoms with van der Waals surface area (Å²) in [4.78, 5) is 19.5. The smallest absolute Gasteiger partial charge is 0.324 e. The van der Waals surface area contributed by atoms with E-state index in [0.29, 0.717) is 6.42 Å². The van der Waals surface area contributed by atoms with Crippen LogP contribution >= 0.6 is 7.60 Å². The van der Waals surface area contributed by atoms with Gasteiger partial charge in [0.15, 0.2) is 9.84 Å². The number of rotatable bonds is 4. The SMILES string of the molecule is CC(C)N(CP(=O)(O)O)C1CCS(=O)(=O)C1. The summed E-state index contributed by atoms with van der Waals surface area (Å²) in [5.74, 6) is 0.118. The molecule has 0 aromatic rings. The van der Waals surface area contributed by atoms with Crippen molar-refractivity contribution in [3.63, 3.8) is 0 Å². The Morgan fingerprint density at radius 2 is 2.00 bits per heavy atom. The molecule has 0 aliphatic carbocycles. The molecule has 0 spiro atoms. The van der Waals surface area contributed by atoms with E-state index >= 15 is 0 Å². The zero-order valence-corrected chi connectivity index (χ0v) is 11.1. The van der Waals surface area contributed by atoms with E-state index in [0.717, 1.165) is 0 Å². The van der Waals surface area contributed by atoms with Crippen LogP contribution in [0.25, 0.3) is 0 Å². The Bertz CT molecular complexity index is 387. The maximum atomic E-state index is 11.3. The molecule has 1 heterocycles. The van der Waals surface area contributed by atoms with Crippen LogP contribution in [-0.2, 0) is 14.4 Å². The fourth-order valence-electron chi connectivity index (χ4n) is 1.95. The van der Waals surface area contributed by atoms with Crippen molar-refractivity contribution in [2.24, 2.45) is 0 Å². The molecule has 96 valence electrons. The van der Waals surface area contributed by atoms with Gasteiger partial charge in [-0.25, -0.2) is 8.42 Å². The van der Waals surface area contributed by atoms with Crippen LogP contribution in [0.3, 0.4) is 0 Å². The Kier molecular flexibility index (Phi) is 4.18. The summed E-state index contributed by atoms with van der Waals surface area (Å²) in [5.41, 5.74) is 0. The molecule has 0 radical (unpaired) electrons. The van der Waals surface area contributed by atoms with Crippen LogP contribution in [0.2, 0.25) is 0 Å². The lowest BCUT2D eigenvalue weighted by atomic mass is 10.2. The normalized spacial score (nSPS) is 25.5. The molecule has 1 fully saturated rings. The van der Waals surface area contributed by atoms with Crippen LogP contribution in [0.4, 0.5) is 0 Å². The second kappa shape index (κ2) is 4.74. The van der Waals surface area contributed by atoms with E-state index < -0.39 is 17.4 Å². The Labute approximate surface area is 95.7 Å². The topological polar surface area (TPSA) is 94.9 Å². The van der Waals surface area contributed by atoms with Crippen molar-refractivity contribution in [3.8, 4) is 0 Å². The fourth-order valence-corrected chi connectivity index (χ4v) is 4.68.